The molecular formula is C26H20N4OS. The third kappa shape index (κ3) is 2.77. The number of hydrogen-bond donors (Lipinski definition) is 0. The van der Waals surface area contributed by atoms with Crippen LogP contribution in [0.1, 0.15) is 6.92 Å². The molecule has 0 amide bonds. The Morgan fingerprint density at radius 3 is 2.41 bits per heavy atom. The van der Waals surface area contributed by atoms with Crippen LogP contribution >= 0.6 is 11.3 Å². The van der Waals surface area contributed by atoms with Crippen LogP contribution in [0.15, 0.2) is 95.6 Å². The molecule has 0 unspecified atom stereocenters. The van der Waals surface area contributed by atoms with Gasteiger partial charge in [-0.05, 0) is 55.5 Å². The number of allylic oxidation sites excluding steroid dienone is 1. The molecule has 6 heteroatoms. The predicted octanol–water partition coefficient (Wildman–Crippen LogP) is 4.93. The van der Waals surface area contributed by atoms with Crippen molar-refractivity contribution in [3.63, 3.8) is 0 Å². The van der Waals surface area contributed by atoms with Crippen molar-refractivity contribution in [1.29, 1.82) is 0 Å². The molecule has 2 aromatic heterocycles. The molecule has 1 aliphatic heterocycles. The molecule has 0 spiro atoms. The van der Waals surface area contributed by atoms with E-state index in [2.05, 4.69) is 58.1 Å². The molecule has 0 radical (unpaired) electrons. The SMILES string of the molecule is CCN1/C(=C\C=c2\sc3nc4ccccc4n3c2=O)N(c2ccccc2)c2ccccc21. The first-order valence-electron chi connectivity index (χ1n) is 10.6. The lowest BCUT2D eigenvalue weighted by Crippen LogP contribution is -2.26. The van der Waals surface area contributed by atoms with Crippen LogP contribution in [0.4, 0.5) is 17.1 Å². The Bertz CT molecular complexity index is 1600. The number of thiazole rings is 1. The molecule has 32 heavy (non-hydrogen) atoms. The third-order valence-electron chi connectivity index (χ3n) is 5.78. The van der Waals surface area contributed by atoms with Gasteiger partial charge in [0.25, 0.3) is 5.56 Å². The van der Waals surface area contributed by atoms with Crippen LogP contribution in [-0.2, 0) is 0 Å². The zero-order valence-electron chi connectivity index (χ0n) is 17.5. The predicted molar refractivity (Wildman–Crippen MR) is 133 cm³/mol. The molecule has 6 rings (SSSR count). The van der Waals surface area contributed by atoms with Crippen LogP contribution in [0.5, 0.6) is 0 Å². The number of fused-ring (bicyclic) bond motifs is 4. The second-order valence-corrected chi connectivity index (χ2v) is 8.59. The lowest BCUT2D eigenvalue weighted by Gasteiger charge is -2.24. The maximum absolute atomic E-state index is 13.2. The van der Waals surface area contributed by atoms with Gasteiger partial charge in [-0.25, -0.2) is 9.38 Å². The van der Waals surface area contributed by atoms with Gasteiger partial charge in [-0.15, -0.1) is 0 Å². The molecule has 0 saturated carbocycles. The Labute approximate surface area is 188 Å². The fraction of sp³-hybridized carbons (Fsp3) is 0.0769. The molecule has 0 bridgehead atoms. The van der Waals surface area contributed by atoms with Gasteiger partial charge < -0.3 is 4.90 Å². The van der Waals surface area contributed by atoms with Crippen molar-refractivity contribution in [2.45, 2.75) is 6.92 Å². The highest BCUT2D eigenvalue weighted by Gasteiger charge is 2.30. The molecule has 5 aromatic rings. The number of hydrogen-bond acceptors (Lipinski definition) is 5. The molecule has 156 valence electrons. The van der Waals surface area contributed by atoms with Crippen molar-refractivity contribution >= 4 is 50.5 Å². The van der Waals surface area contributed by atoms with E-state index in [4.69, 9.17) is 0 Å². The summed E-state index contributed by atoms with van der Waals surface area (Å²) in [5.74, 6) is 1.02. The second-order valence-electron chi connectivity index (χ2n) is 7.59. The topological polar surface area (TPSA) is 40.9 Å². The maximum Gasteiger partial charge on any atom is 0.274 e. The van der Waals surface area contributed by atoms with Crippen molar-refractivity contribution in [3.8, 4) is 0 Å². The molecular weight excluding hydrogens is 416 g/mol. The van der Waals surface area contributed by atoms with Crippen LogP contribution in [0.2, 0.25) is 0 Å². The minimum absolute atomic E-state index is 0.0274. The summed E-state index contributed by atoms with van der Waals surface area (Å²) in [5.41, 5.74) is 5.05. The van der Waals surface area contributed by atoms with Gasteiger partial charge in [-0.2, -0.15) is 0 Å². The van der Waals surface area contributed by atoms with Crippen molar-refractivity contribution in [1.82, 2.24) is 9.38 Å². The Morgan fingerprint density at radius 1 is 0.875 bits per heavy atom. The van der Waals surface area contributed by atoms with Crippen molar-refractivity contribution in [3.05, 3.63) is 106 Å². The van der Waals surface area contributed by atoms with Gasteiger partial charge in [-0.1, -0.05) is 53.8 Å². The largest absolute Gasteiger partial charge is 0.326 e. The Hall–Kier alpha value is -3.90. The van der Waals surface area contributed by atoms with Gasteiger partial charge in [0.15, 0.2) is 4.96 Å². The monoisotopic (exact) mass is 436 g/mol. The van der Waals surface area contributed by atoms with Crippen LogP contribution in [0.3, 0.4) is 0 Å². The van der Waals surface area contributed by atoms with E-state index >= 15 is 0 Å². The van der Waals surface area contributed by atoms with Crippen molar-refractivity contribution in [2.75, 3.05) is 16.3 Å². The molecule has 0 fully saturated rings. The fourth-order valence-electron chi connectivity index (χ4n) is 4.37. The fourth-order valence-corrected chi connectivity index (χ4v) is 5.30. The quantitative estimate of drug-likeness (QED) is 0.402. The van der Waals surface area contributed by atoms with Gasteiger partial charge in [0.2, 0.25) is 0 Å². The highest BCUT2D eigenvalue weighted by atomic mass is 32.1. The number of aromatic nitrogens is 2. The van der Waals surface area contributed by atoms with Gasteiger partial charge in [0.1, 0.15) is 5.82 Å². The smallest absolute Gasteiger partial charge is 0.274 e. The Kier molecular flexibility index (Phi) is 4.33. The normalized spacial score (nSPS) is 15.4. The lowest BCUT2D eigenvalue weighted by molar-refractivity contribution is 0.963. The summed E-state index contributed by atoms with van der Waals surface area (Å²) in [4.78, 5) is 23.0. The zero-order valence-corrected chi connectivity index (χ0v) is 18.3. The summed E-state index contributed by atoms with van der Waals surface area (Å²) >= 11 is 1.42. The molecule has 0 saturated heterocycles. The van der Waals surface area contributed by atoms with E-state index < -0.39 is 0 Å². The molecule has 0 N–H and O–H groups in total. The van der Waals surface area contributed by atoms with E-state index in [1.54, 1.807) is 4.40 Å². The van der Waals surface area contributed by atoms with Crippen molar-refractivity contribution in [2.24, 2.45) is 0 Å². The van der Waals surface area contributed by atoms with E-state index in [9.17, 15) is 4.79 Å². The van der Waals surface area contributed by atoms with Crippen LogP contribution in [0.25, 0.3) is 22.1 Å². The molecule has 1 aliphatic rings. The van der Waals surface area contributed by atoms with E-state index in [0.717, 1.165) is 45.4 Å². The standard InChI is InChI=1S/C26H20N4OS/c1-2-28-21-14-8-9-15-22(21)29(18-10-4-3-5-11-18)24(28)17-16-23-25(31)30-20-13-7-6-12-19(20)27-26(30)32-23/h3-17H,2H2,1H3/b23-16+,24-17+. The molecule has 3 aromatic carbocycles. The average Bonchev–Trinajstić information content (AvgIpc) is 3.46. The maximum atomic E-state index is 13.2. The minimum atomic E-state index is -0.0274. The van der Waals surface area contributed by atoms with E-state index in [0.29, 0.717) is 4.53 Å². The van der Waals surface area contributed by atoms with E-state index in [1.807, 2.05) is 54.6 Å². The summed E-state index contributed by atoms with van der Waals surface area (Å²) in [5, 5.41) is 0. The highest BCUT2D eigenvalue weighted by Crippen LogP contribution is 2.45. The summed E-state index contributed by atoms with van der Waals surface area (Å²) in [6.45, 7) is 2.96. The second kappa shape index (κ2) is 7.35. The van der Waals surface area contributed by atoms with Gasteiger partial charge in [0, 0.05) is 12.2 Å². The van der Waals surface area contributed by atoms with Gasteiger partial charge in [0.05, 0.1) is 26.9 Å². The number of imidazole rings is 1. The van der Waals surface area contributed by atoms with Crippen LogP contribution in [0, 0.1) is 0 Å². The average molecular weight is 437 g/mol. The summed E-state index contributed by atoms with van der Waals surface area (Å²) in [7, 11) is 0. The molecule has 3 heterocycles. The lowest BCUT2D eigenvalue weighted by atomic mass is 10.2. The van der Waals surface area contributed by atoms with Crippen LogP contribution in [-0.4, -0.2) is 15.9 Å². The number of para-hydroxylation sites is 5. The van der Waals surface area contributed by atoms with E-state index in [-0.39, 0.29) is 5.56 Å². The minimum Gasteiger partial charge on any atom is -0.326 e. The molecule has 5 nitrogen and oxygen atoms in total. The first kappa shape index (κ1) is 18.8. The summed E-state index contributed by atoms with van der Waals surface area (Å²) in [6, 6.07) is 26.5. The number of anilines is 3. The third-order valence-corrected chi connectivity index (χ3v) is 6.77. The molecule has 0 aliphatic carbocycles. The zero-order chi connectivity index (χ0) is 21.7. The first-order valence-corrected chi connectivity index (χ1v) is 11.4. The molecule has 0 atom stereocenters. The van der Waals surface area contributed by atoms with Crippen LogP contribution < -0.4 is 19.9 Å². The van der Waals surface area contributed by atoms with Crippen molar-refractivity contribution < 1.29 is 0 Å². The number of nitrogens with zero attached hydrogens (tertiary/aromatic N) is 4. The first-order chi connectivity index (χ1) is 15.8. The van der Waals surface area contributed by atoms with Gasteiger partial charge in [-0.3, -0.25) is 9.69 Å². The number of rotatable bonds is 3. The van der Waals surface area contributed by atoms with Gasteiger partial charge >= 0.3 is 0 Å². The Morgan fingerprint density at radius 2 is 1.59 bits per heavy atom. The van der Waals surface area contributed by atoms with E-state index in [1.165, 1.54) is 11.3 Å². The highest BCUT2D eigenvalue weighted by molar-refractivity contribution is 7.15. The number of benzene rings is 3. The summed E-state index contributed by atoms with van der Waals surface area (Å²) in [6.07, 6.45) is 3.97. The summed E-state index contributed by atoms with van der Waals surface area (Å²) < 4.78 is 2.38. The Balaban J connectivity index is 1.54.